The van der Waals surface area contributed by atoms with E-state index < -0.39 is 5.97 Å². The molecule has 4 aliphatic rings. The van der Waals surface area contributed by atoms with Gasteiger partial charge in [0.15, 0.2) is 0 Å². The molecule has 4 saturated carbocycles. The number of carbonyl (C=O) groups excluding carboxylic acids is 1. The zero-order valence-corrected chi connectivity index (χ0v) is 15.3. The van der Waals surface area contributed by atoms with Crippen molar-refractivity contribution in [3.05, 3.63) is 36.4 Å². The third-order valence-corrected chi connectivity index (χ3v) is 6.64. The van der Waals surface area contributed by atoms with Crippen LogP contribution in [-0.4, -0.2) is 12.1 Å². The van der Waals surface area contributed by atoms with Crippen molar-refractivity contribution in [2.24, 2.45) is 23.2 Å². The van der Waals surface area contributed by atoms with E-state index >= 15 is 0 Å². The highest BCUT2D eigenvalue weighted by Crippen LogP contribution is 2.61. The van der Waals surface area contributed by atoms with Gasteiger partial charge < -0.3 is 9.47 Å². The van der Waals surface area contributed by atoms with Gasteiger partial charge >= 0.3 is 5.97 Å². The number of hydrogen-bond acceptors (Lipinski definition) is 3. The van der Waals surface area contributed by atoms with Gasteiger partial charge in [0.05, 0.1) is 0 Å². The molecule has 0 spiro atoms. The van der Waals surface area contributed by atoms with Gasteiger partial charge in [-0.15, -0.1) is 0 Å². The van der Waals surface area contributed by atoms with Gasteiger partial charge in [0, 0.05) is 11.0 Å². The Bertz CT molecular complexity index is 638. The molecule has 4 aliphatic carbocycles. The third-order valence-electron chi connectivity index (χ3n) is 6.64. The Balaban J connectivity index is 1.42. The second kappa shape index (κ2) is 6.19. The maximum absolute atomic E-state index is 11.6. The first-order valence-electron chi connectivity index (χ1n) is 9.58. The topological polar surface area (TPSA) is 35.5 Å². The fraction of sp³-hybridized carbons (Fsp3) is 0.591. The normalized spacial score (nSPS) is 33.8. The molecule has 0 saturated heterocycles. The molecule has 0 aliphatic heterocycles. The fourth-order valence-corrected chi connectivity index (χ4v) is 5.79. The molecule has 1 unspecified atom stereocenters. The lowest BCUT2D eigenvalue weighted by atomic mass is 9.48. The van der Waals surface area contributed by atoms with Crippen LogP contribution in [0.15, 0.2) is 36.4 Å². The minimum atomic E-state index is -0.393. The van der Waals surface area contributed by atoms with E-state index in [1.54, 1.807) is 19.1 Å². The van der Waals surface area contributed by atoms with Gasteiger partial charge in [-0.1, -0.05) is 6.58 Å². The van der Waals surface area contributed by atoms with Crippen molar-refractivity contribution in [3.8, 4) is 11.5 Å². The Hall–Kier alpha value is -1.77. The molecule has 1 aromatic carbocycles. The smallest absolute Gasteiger partial charge is 0.338 e. The molecule has 0 radical (unpaired) electrons. The van der Waals surface area contributed by atoms with Crippen LogP contribution in [0.1, 0.15) is 52.4 Å². The average molecular weight is 340 g/mol. The molecule has 25 heavy (non-hydrogen) atoms. The number of ether oxygens (including phenoxy) is 2. The monoisotopic (exact) mass is 340 g/mol. The maximum Gasteiger partial charge on any atom is 0.338 e. The van der Waals surface area contributed by atoms with Gasteiger partial charge in [-0.2, -0.15) is 0 Å². The van der Waals surface area contributed by atoms with Crippen LogP contribution in [0.2, 0.25) is 0 Å². The first kappa shape index (κ1) is 16.7. The molecule has 4 fully saturated rings. The van der Waals surface area contributed by atoms with Gasteiger partial charge in [-0.05, 0) is 94.4 Å². The van der Waals surface area contributed by atoms with Gasteiger partial charge in [-0.3, -0.25) is 0 Å². The lowest BCUT2D eigenvalue weighted by Crippen LogP contribution is -2.52. The summed E-state index contributed by atoms with van der Waals surface area (Å²) in [5.74, 6) is 3.79. The van der Waals surface area contributed by atoms with Gasteiger partial charge in [0.1, 0.15) is 17.6 Å². The summed E-state index contributed by atoms with van der Waals surface area (Å²) in [7, 11) is 0. The zero-order valence-electron chi connectivity index (χ0n) is 15.3. The third kappa shape index (κ3) is 3.21. The van der Waals surface area contributed by atoms with Crippen LogP contribution >= 0.6 is 0 Å². The molecule has 0 N–H and O–H groups in total. The first-order valence-corrected chi connectivity index (χ1v) is 9.58. The number of esters is 1. The van der Waals surface area contributed by atoms with E-state index in [1.807, 2.05) is 12.1 Å². The van der Waals surface area contributed by atoms with E-state index in [9.17, 15) is 4.79 Å². The highest BCUT2D eigenvalue weighted by molar-refractivity contribution is 5.88. The van der Waals surface area contributed by atoms with E-state index in [-0.39, 0.29) is 6.10 Å². The summed E-state index contributed by atoms with van der Waals surface area (Å²) in [6.45, 7) is 7.50. The second-order valence-electron chi connectivity index (χ2n) is 8.68. The van der Waals surface area contributed by atoms with Crippen molar-refractivity contribution in [2.45, 2.75) is 58.5 Å². The Kier molecular flexibility index (Phi) is 4.13. The van der Waals surface area contributed by atoms with Crippen molar-refractivity contribution >= 4 is 5.97 Å². The molecule has 0 aromatic heterocycles. The Morgan fingerprint density at radius 2 is 1.52 bits per heavy atom. The predicted molar refractivity (Wildman–Crippen MR) is 97.6 cm³/mol. The lowest BCUT2D eigenvalue weighted by molar-refractivity contribution is -0.130. The summed E-state index contributed by atoms with van der Waals surface area (Å²) >= 11 is 0. The summed E-state index contributed by atoms with van der Waals surface area (Å²) in [6, 6.07) is 7.39. The van der Waals surface area contributed by atoms with Gasteiger partial charge in [-0.25, -0.2) is 4.79 Å². The van der Waals surface area contributed by atoms with Crippen LogP contribution in [0.4, 0.5) is 0 Å². The fourth-order valence-electron chi connectivity index (χ4n) is 5.79. The van der Waals surface area contributed by atoms with Gasteiger partial charge in [0.25, 0.3) is 0 Å². The molecule has 0 amide bonds. The Morgan fingerprint density at radius 1 is 1.04 bits per heavy atom. The van der Waals surface area contributed by atoms with Crippen molar-refractivity contribution < 1.29 is 14.3 Å². The standard InChI is InChI=1S/C22H28O3/c1-14(2)21(23)25-20-6-4-19(5-7-20)24-15(3)22-11-16-8-17(12-22)10-18(9-16)13-22/h4-7,15-18H,1,8-13H2,2-3H3. The van der Waals surface area contributed by atoms with Crippen LogP contribution in [0, 0.1) is 23.2 Å². The number of rotatable bonds is 5. The molecular weight excluding hydrogens is 312 g/mol. The highest BCUT2D eigenvalue weighted by Gasteiger charge is 2.53. The Labute approximate surface area is 150 Å². The molecule has 134 valence electrons. The molecular formula is C22H28O3. The largest absolute Gasteiger partial charge is 0.490 e. The molecule has 3 nitrogen and oxygen atoms in total. The van der Waals surface area contributed by atoms with Crippen molar-refractivity contribution in [1.29, 1.82) is 0 Å². The van der Waals surface area contributed by atoms with Crippen LogP contribution in [0.25, 0.3) is 0 Å². The zero-order chi connectivity index (χ0) is 17.6. The van der Waals surface area contributed by atoms with Crippen LogP contribution < -0.4 is 9.47 Å². The maximum atomic E-state index is 11.6. The molecule has 3 heteroatoms. The molecule has 5 rings (SSSR count). The summed E-state index contributed by atoms with van der Waals surface area (Å²) in [5, 5.41) is 0. The minimum Gasteiger partial charge on any atom is -0.490 e. The second-order valence-corrected chi connectivity index (χ2v) is 8.68. The van der Waals surface area contributed by atoms with E-state index in [1.165, 1.54) is 38.5 Å². The van der Waals surface area contributed by atoms with Crippen LogP contribution in [0.5, 0.6) is 11.5 Å². The SMILES string of the molecule is C=C(C)C(=O)Oc1ccc(OC(C)C23CC4CC(CC(C4)C2)C3)cc1. The summed E-state index contributed by atoms with van der Waals surface area (Å²) < 4.78 is 11.6. The van der Waals surface area contributed by atoms with Crippen molar-refractivity contribution in [1.82, 2.24) is 0 Å². The average Bonchev–Trinajstić information content (AvgIpc) is 2.55. The number of carbonyl (C=O) groups is 1. The van der Waals surface area contributed by atoms with Crippen LogP contribution in [0.3, 0.4) is 0 Å². The summed E-state index contributed by atoms with van der Waals surface area (Å²) in [6.07, 6.45) is 8.63. The van der Waals surface area contributed by atoms with E-state index in [0.717, 1.165) is 23.5 Å². The Morgan fingerprint density at radius 3 is 2.00 bits per heavy atom. The highest BCUT2D eigenvalue weighted by atomic mass is 16.5. The van der Waals surface area contributed by atoms with E-state index in [2.05, 4.69) is 13.5 Å². The lowest BCUT2D eigenvalue weighted by Gasteiger charge is -2.58. The number of benzene rings is 1. The van der Waals surface area contributed by atoms with Crippen LogP contribution in [-0.2, 0) is 4.79 Å². The van der Waals surface area contributed by atoms with E-state index in [4.69, 9.17) is 9.47 Å². The molecule has 1 aromatic rings. The predicted octanol–water partition coefficient (Wildman–Crippen LogP) is 5.15. The molecule has 1 atom stereocenters. The first-order chi connectivity index (χ1) is 11.9. The minimum absolute atomic E-state index is 0.240. The molecule has 4 bridgehead atoms. The quantitative estimate of drug-likeness (QED) is 0.422. The van der Waals surface area contributed by atoms with Crippen molar-refractivity contribution in [2.75, 3.05) is 0 Å². The summed E-state index contributed by atoms with van der Waals surface area (Å²) in [5.41, 5.74) is 0.774. The van der Waals surface area contributed by atoms with Gasteiger partial charge in [0.2, 0.25) is 0 Å². The summed E-state index contributed by atoms with van der Waals surface area (Å²) in [4.78, 5) is 11.6. The van der Waals surface area contributed by atoms with Crippen molar-refractivity contribution in [3.63, 3.8) is 0 Å². The molecule has 0 heterocycles. The van der Waals surface area contributed by atoms with E-state index in [0.29, 0.717) is 16.7 Å². The number of hydrogen-bond donors (Lipinski definition) is 0.